The van der Waals surface area contributed by atoms with E-state index in [-0.39, 0.29) is 22.3 Å². The highest BCUT2D eigenvalue weighted by atomic mass is 32.2. The standard InChI is InChI=1S/C13H18N2O7S2/c1-14-13(18)11-4-8(7-23-11)24(19,20)15-9-5-21-3-2-10(9)22-6-12(16)17/h4,7,9-10,15H,2-3,5-6H2,1H3,(H,14,18)(H,16,17)/t9-,10+/m1/s1. The molecule has 3 N–H and O–H groups in total. The number of carboxylic acids is 1. The summed E-state index contributed by atoms with van der Waals surface area (Å²) in [6.07, 6.45) is -0.213. The molecular weight excluding hydrogens is 360 g/mol. The zero-order valence-corrected chi connectivity index (χ0v) is 14.5. The molecule has 24 heavy (non-hydrogen) atoms. The first kappa shape index (κ1) is 18.8. The summed E-state index contributed by atoms with van der Waals surface area (Å²) in [7, 11) is -2.42. The Morgan fingerprint density at radius 2 is 2.25 bits per heavy atom. The molecule has 0 aliphatic carbocycles. The van der Waals surface area contributed by atoms with Crippen molar-refractivity contribution < 1.29 is 32.6 Å². The lowest BCUT2D eigenvalue weighted by atomic mass is 10.1. The Hall–Kier alpha value is -1.53. The number of sulfonamides is 1. The first-order valence-corrected chi connectivity index (χ1v) is 9.44. The van der Waals surface area contributed by atoms with Crippen LogP contribution in [0.1, 0.15) is 16.1 Å². The van der Waals surface area contributed by atoms with Crippen LogP contribution in [0.4, 0.5) is 0 Å². The molecule has 0 bridgehead atoms. The van der Waals surface area contributed by atoms with Crippen molar-refractivity contribution in [2.24, 2.45) is 0 Å². The van der Waals surface area contributed by atoms with Crippen LogP contribution < -0.4 is 10.0 Å². The SMILES string of the molecule is CNC(=O)c1cc(S(=O)(=O)N[C@@H]2COCC[C@@H]2OCC(=O)O)cs1. The van der Waals surface area contributed by atoms with Crippen molar-refractivity contribution in [1.82, 2.24) is 10.0 Å². The second-order valence-corrected chi connectivity index (χ2v) is 7.69. The van der Waals surface area contributed by atoms with E-state index >= 15 is 0 Å². The smallest absolute Gasteiger partial charge is 0.329 e. The van der Waals surface area contributed by atoms with E-state index in [0.29, 0.717) is 13.0 Å². The van der Waals surface area contributed by atoms with Crippen molar-refractivity contribution in [2.45, 2.75) is 23.5 Å². The van der Waals surface area contributed by atoms with Crippen LogP contribution in [0, 0.1) is 0 Å². The largest absolute Gasteiger partial charge is 0.480 e. The van der Waals surface area contributed by atoms with Crippen LogP contribution >= 0.6 is 11.3 Å². The van der Waals surface area contributed by atoms with Gasteiger partial charge in [0.2, 0.25) is 10.0 Å². The molecule has 9 nitrogen and oxygen atoms in total. The van der Waals surface area contributed by atoms with Gasteiger partial charge in [-0.3, -0.25) is 4.79 Å². The van der Waals surface area contributed by atoms with Gasteiger partial charge in [-0.15, -0.1) is 11.3 Å². The highest BCUT2D eigenvalue weighted by molar-refractivity contribution is 7.89. The molecule has 1 saturated heterocycles. The number of hydrogen-bond donors (Lipinski definition) is 3. The number of carboxylic acid groups (broad SMARTS) is 1. The molecular formula is C13H18N2O7S2. The summed E-state index contributed by atoms with van der Waals surface area (Å²) in [6, 6.07) is 0.578. The quantitative estimate of drug-likeness (QED) is 0.591. The van der Waals surface area contributed by atoms with Crippen LogP contribution in [0.3, 0.4) is 0 Å². The Morgan fingerprint density at radius 3 is 2.92 bits per heavy atom. The maximum atomic E-state index is 12.4. The summed E-state index contributed by atoms with van der Waals surface area (Å²) in [5, 5.41) is 12.5. The first-order chi connectivity index (χ1) is 11.3. The van der Waals surface area contributed by atoms with E-state index in [4.69, 9.17) is 14.6 Å². The Morgan fingerprint density at radius 1 is 1.50 bits per heavy atom. The number of hydrogen-bond acceptors (Lipinski definition) is 7. The minimum atomic E-state index is -3.88. The van der Waals surface area contributed by atoms with Crippen LogP contribution in [-0.4, -0.2) is 64.4 Å². The Labute approximate surface area is 143 Å². The molecule has 1 fully saturated rings. The van der Waals surface area contributed by atoms with Crippen molar-refractivity contribution in [3.8, 4) is 0 Å². The second kappa shape index (κ2) is 8.03. The lowest BCUT2D eigenvalue weighted by Crippen LogP contribution is -2.50. The summed E-state index contributed by atoms with van der Waals surface area (Å²) >= 11 is 1.01. The highest BCUT2D eigenvalue weighted by Crippen LogP contribution is 2.21. The summed E-state index contributed by atoms with van der Waals surface area (Å²) in [6.45, 7) is -0.0695. The van der Waals surface area contributed by atoms with Gasteiger partial charge in [-0.2, -0.15) is 0 Å². The minimum Gasteiger partial charge on any atom is -0.480 e. The second-order valence-electron chi connectivity index (χ2n) is 5.06. The topological polar surface area (TPSA) is 131 Å². The molecule has 1 amide bonds. The molecule has 1 aromatic rings. The number of carbonyl (C=O) groups excluding carboxylic acids is 1. The Balaban J connectivity index is 2.09. The minimum absolute atomic E-state index is 0.0336. The van der Waals surface area contributed by atoms with Gasteiger partial charge in [-0.1, -0.05) is 0 Å². The van der Waals surface area contributed by atoms with Crippen molar-refractivity contribution >= 4 is 33.2 Å². The molecule has 0 unspecified atom stereocenters. The van der Waals surface area contributed by atoms with E-state index in [1.807, 2.05) is 0 Å². The third kappa shape index (κ3) is 4.74. The van der Waals surface area contributed by atoms with Gasteiger partial charge in [0.15, 0.2) is 0 Å². The Bertz CT molecular complexity index is 701. The normalized spacial score (nSPS) is 21.4. The fourth-order valence-corrected chi connectivity index (χ4v) is 4.64. The van der Waals surface area contributed by atoms with Crippen molar-refractivity contribution in [1.29, 1.82) is 0 Å². The molecule has 2 rings (SSSR count). The monoisotopic (exact) mass is 378 g/mol. The molecule has 0 spiro atoms. The van der Waals surface area contributed by atoms with E-state index < -0.39 is 34.7 Å². The molecule has 2 atom stereocenters. The molecule has 0 saturated carbocycles. The van der Waals surface area contributed by atoms with Crippen LogP contribution in [0.2, 0.25) is 0 Å². The van der Waals surface area contributed by atoms with Crippen molar-refractivity contribution in [3.63, 3.8) is 0 Å². The van der Waals surface area contributed by atoms with Gasteiger partial charge in [-0.25, -0.2) is 17.9 Å². The van der Waals surface area contributed by atoms with Crippen molar-refractivity contribution in [3.05, 3.63) is 16.3 Å². The molecule has 11 heteroatoms. The maximum Gasteiger partial charge on any atom is 0.329 e. The number of nitrogens with one attached hydrogen (secondary N) is 2. The average Bonchev–Trinajstić information content (AvgIpc) is 3.04. The van der Waals surface area contributed by atoms with Gasteiger partial charge < -0.3 is 19.9 Å². The fourth-order valence-electron chi connectivity index (χ4n) is 2.18. The van der Waals surface area contributed by atoms with Crippen LogP contribution in [0.15, 0.2) is 16.3 Å². The zero-order chi connectivity index (χ0) is 17.7. The van der Waals surface area contributed by atoms with Crippen LogP contribution in [0.25, 0.3) is 0 Å². The first-order valence-electron chi connectivity index (χ1n) is 7.07. The van der Waals surface area contributed by atoms with E-state index in [0.717, 1.165) is 11.3 Å². The lowest BCUT2D eigenvalue weighted by molar-refractivity contribution is -0.147. The number of rotatable bonds is 7. The number of carbonyl (C=O) groups is 2. The predicted octanol–water partition coefficient (Wildman–Crippen LogP) is -0.355. The third-order valence-electron chi connectivity index (χ3n) is 3.36. The maximum absolute atomic E-state index is 12.4. The van der Waals surface area contributed by atoms with E-state index in [2.05, 4.69) is 10.0 Å². The van der Waals surface area contributed by atoms with E-state index in [1.165, 1.54) is 18.5 Å². The number of aliphatic carboxylic acids is 1. The van der Waals surface area contributed by atoms with Gasteiger partial charge in [0.1, 0.15) is 6.61 Å². The predicted molar refractivity (Wildman–Crippen MR) is 84.6 cm³/mol. The summed E-state index contributed by atoms with van der Waals surface area (Å²) in [4.78, 5) is 22.4. The molecule has 1 aliphatic rings. The Kier molecular flexibility index (Phi) is 6.29. The molecule has 1 aliphatic heterocycles. The van der Waals surface area contributed by atoms with Crippen molar-refractivity contribution in [2.75, 3.05) is 26.9 Å². The van der Waals surface area contributed by atoms with Crippen LogP contribution in [0.5, 0.6) is 0 Å². The summed E-state index contributed by atoms with van der Waals surface area (Å²) < 4.78 is 37.8. The van der Waals surface area contributed by atoms with Gasteiger partial charge >= 0.3 is 5.97 Å². The van der Waals surface area contributed by atoms with Gasteiger partial charge in [-0.05, 0) is 12.5 Å². The zero-order valence-electron chi connectivity index (χ0n) is 12.9. The van der Waals surface area contributed by atoms with Gasteiger partial charge in [0, 0.05) is 19.0 Å². The highest BCUT2D eigenvalue weighted by Gasteiger charge is 2.32. The van der Waals surface area contributed by atoms with Gasteiger partial charge in [0.05, 0.1) is 28.5 Å². The van der Waals surface area contributed by atoms with E-state index in [1.54, 1.807) is 0 Å². The van der Waals surface area contributed by atoms with E-state index in [9.17, 15) is 18.0 Å². The number of ether oxygens (including phenoxy) is 2. The average molecular weight is 378 g/mol. The molecule has 0 aromatic carbocycles. The molecule has 1 aromatic heterocycles. The van der Waals surface area contributed by atoms with Gasteiger partial charge in [0.25, 0.3) is 5.91 Å². The summed E-state index contributed by atoms with van der Waals surface area (Å²) in [5.41, 5.74) is 0. The fraction of sp³-hybridized carbons (Fsp3) is 0.538. The number of thiophene rings is 1. The summed E-state index contributed by atoms with van der Waals surface area (Å²) in [5.74, 6) is -1.50. The molecule has 0 radical (unpaired) electrons. The third-order valence-corrected chi connectivity index (χ3v) is 5.90. The number of amides is 1. The lowest BCUT2D eigenvalue weighted by Gasteiger charge is -2.31. The molecule has 134 valence electrons. The molecule has 2 heterocycles. The van der Waals surface area contributed by atoms with Crippen LogP contribution in [-0.2, 0) is 24.3 Å².